The summed E-state index contributed by atoms with van der Waals surface area (Å²) in [6, 6.07) is 16.3. The van der Waals surface area contributed by atoms with E-state index in [9.17, 15) is 9.59 Å². The van der Waals surface area contributed by atoms with E-state index in [1.807, 2.05) is 18.2 Å². The Bertz CT molecular complexity index is 936. The van der Waals surface area contributed by atoms with Gasteiger partial charge in [-0.05, 0) is 61.8 Å². The molecule has 2 aromatic carbocycles. The summed E-state index contributed by atoms with van der Waals surface area (Å²) in [5.41, 5.74) is 3.02. The van der Waals surface area contributed by atoms with Crippen molar-refractivity contribution in [2.24, 2.45) is 11.8 Å². The third-order valence-electron chi connectivity index (χ3n) is 7.05. The molecule has 0 N–H and O–H groups in total. The summed E-state index contributed by atoms with van der Waals surface area (Å²) in [6.45, 7) is 4.75. The van der Waals surface area contributed by atoms with E-state index in [4.69, 9.17) is 4.74 Å². The van der Waals surface area contributed by atoms with Gasteiger partial charge in [0.05, 0.1) is 7.11 Å². The van der Waals surface area contributed by atoms with E-state index < -0.39 is 5.41 Å². The highest BCUT2D eigenvalue weighted by Gasteiger charge is 2.54. The number of hydrogen-bond donors (Lipinski definition) is 0. The van der Waals surface area contributed by atoms with Crippen molar-refractivity contribution in [1.29, 1.82) is 0 Å². The van der Waals surface area contributed by atoms with E-state index in [-0.39, 0.29) is 17.7 Å². The molecule has 158 valence electrons. The quantitative estimate of drug-likeness (QED) is 0.679. The highest BCUT2D eigenvalue weighted by Crippen LogP contribution is 2.52. The minimum absolute atomic E-state index is 0.00748. The van der Waals surface area contributed by atoms with Crippen LogP contribution < -0.4 is 4.74 Å². The molecule has 0 radical (unpaired) electrons. The van der Waals surface area contributed by atoms with Gasteiger partial charge >= 0.3 is 0 Å². The van der Waals surface area contributed by atoms with Crippen LogP contribution in [0.5, 0.6) is 5.75 Å². The van der Waals surface area contributed by atoms with Crippen LogP contribution in [0.15, 0.2) is 48.5 Å². The monoisotopic (exact) mass is 405 g/mol. The molecule has 2 aliphatic rings. The summed E-state index contributed by atoms with van der Waals surface area (Å²) in [6.07, 6.45) is 3.84. The molecule has 4 heteroatoms. The summed E-state index contributed by atoms with van der Waals surface area (Å²) in [5.74, 6) is 1.09. The van der Waals surface area contributed by atoms with Crippen molar-refractivity contribution in [3.05, 3.63) is 65.2 Å². The lowest BCUT2D eigenvalue weighted by molar-refractivity contribution is -0.158. The Morgan fingerprint density at radius 3 is 2.60 bits per heavy atom. The zero-order valence-electron chi connectivity index (χ0n) is 18.2. The number of amides is 2. The lowest BCUT2D eigenvalue weighted by Crippen LogP contribution is -2.58. The first kappa shape index (κ1) is 20.6. The van der Waals surface area contributed by atoms with Crippen LogP contribution in [0.4, 0.5) is 0 Å². The Kier molecular flexibility index (Phi) is 5.68. The number of fused-ring (bicyclic) bond motifs is 1. The Morgan fingerprint density at radius 2 is 1.87 bits per heavy atom. The van der Waals surface area contributed by atoms with E-state index >= 15 is 0 Å². The third-order valence-corrected chi connectivity index (χ3v) is 7.05. The third kappa shape index (κ3) is 3.76. The molecule has 0 bridgehead atoms. The van der Waals surface area contributed by atoms with Gasteiger partial charge in [-0.25, -0.2) is 0 Å². The molecule has 0 aromatic heterocycles. The fourth-order valence-corrected chi connectivity index (χ4v) is 5.41. The molecule has 1 aliphatic heterocycles. The SMILES string of the molecule is COc1cccc([C@@]23CC(=O)N(CCc4ccc(C)cc4)C(=O)[C@@H]2CC[C@H](C)C3)c1. The number of likely N-dealkylation sites (tertiary alicyclic amines) is 1. The van der Waals surface area contributed by atoms with Crippen LogP contribution in [-0.2, 0) is 21.4 Å². The number of aryl methyl sites for hydroxylation is 1. The topological polar surface area (TPSA) is 46.6 Å². The van der Waals surface area contributed by atoms with Gasteiger partial charge in [-0.2, -0.15) is 0 Å². The molecule has 1 aliphatic carbocycles. The first-order valence-corrected chi connectivity index (χ1v) is 11.0. The van der Waals surface area contributed by atoms with Gasteiger partial charge in [0.2, 0.25) is 11.8 Å². The molecule has 4 rings (SSSR count). The summed E-state index contributed by atoms with van der Waals surface area (Å²) in [5, 5.41) is 0. The van der Waals surface area contributed by atoms with Crippen LogP contribution in [0.2, 0.25) is 0 Å². The summed E-state index contributed by atoms with van der Waals surface area (Å²) >= 11 is 0. The zero-order chi connectivity index (χ0) is 21.3. The van der Waals surface area contributed by atoms with Crippen LogP contribution in [0, 0.1) is 18.8 Å². The number of carbonyl (C=O) groups excluding carboxylic acids is 2. The molecule has 0 spiro atoms. The fraction of sp³-hybridized carbons (Fsp3) is 0.462. The van der Waals surface area contributed by atoms with Crippen LogP contribution >= 0.6 is 0 Å². The predicted octanol–water partition coefficient (Wildman–Crippen LogP) is 4.68. The molecule has 2 aromatic rings. The standard InChI is InChI=1S/C26H31NO3/c1-18-7-10-20(11-8-18)13-14-27-24(28)17-26(21-5-4-6-22(15-21)30-3)16-19(2)9-12-23(26)25(27)29/h4-8,10-11,15,19,23H,9,12-14,16-17H2,1-3H3/t19-,23-,26+/m0/s1. The van der Waals surface area contributed by atoms with Gasteiger partial charge in [-0.1, -0.05) is 48.9 Å². The average molecular weight is 406 g/mol. The van der Waals surface area contributed by atoms with Crippen molar-refractivity contribution in [2.45, 2.75) is 51.4 Å². The number of imide groups is 1. The Hall–Kier alpha value is -2.62. The van der Waals surface area contributed by atoms with Crippen LogP contribution in [0.3, 0.4) is 0 Å². The Morgan fingerprint density at radius 1 is 1.10 bits per heavy atom. The predicted molar refractivity (Wildman–Crippen MR) is 117 cm³/mol. The molecule has 2 amide bonds. The lowest BCUT2D eigenvalue weighted by Gasteiger charge is -2.50. The van der Waals surface area contributed by atoms with Gasteiger partial charge in [0.15, 0.2) is 0 Å². The fourth-order valence-electron chi connectivity index (χ4n) is 5.41. The second kappa shape index (κ2) is 8.25. The van der Waals surface area contributed by atoms with Crippen molar-refractivity contribution in [3.8, 4) is 5.75 Å². The smallest absolute Gasteiger partial charge is 0.233 e. The van der Waals surface area contributed by atoms with Gasteiger partial charge in [-0.3, -0.25) is 14.5 Å². The molecular weight excluding hydrogens is 374 g/mol. The number of rotatable bonds is 5. The van der Waals surface area contributed by atoms with Crippen LogP contribution in [-0.4, -0.2) is 30.4 Å². The van der Waals surface area contributed by atoms with Crippen molar-refractivity contribution >= 4 is 11.8 Å². The van der Waals surface area contributed by atoms with E-state index in [0.29, 0.717) is 25.3 Å². The number of carbonyl (C=O) groups is 2. The van der Waals surface area contributed by atoms with Gasteiger partial charge in [0.1, 0.15) is 5.75 Å². The number of ether oxygens (including phenoxy) is 1. The number of hydrogen-bond acceptors (Lipinski definition) is 3. The maximum Gasteiger partial charge on any atom is 0.233 e. The van der Waals surface area contributed by atoms with E-state index in [1.54, 1.807) is 7.11 Å². The van der Waals surface area contributed by atoms with Crippen LogP contribution in [0.25, 0.3) is 0 Å². The van der Waals surface area contributed by atoms with Gasteiger partial charge in [-0.15, -0.1) is 0 Å². The highest BCUT2D eigenvalue weighted by molar-refractivity contribution is 6.01. The normalized spacial score (nSPS) is 26.4. The minimum Gasteiger partial charge on any atom is -0.497 e. The zero-order valence-corrected chi connectivity index (χ0v) is 18.2. The maximum absolute atomic E-state index is 13.6. The molecule has 4 nitrogen and oxygen atoms in total. The van der Waals surface area contributed by atoms with Gasteiger partial charge < -0.3 is 4.74 Å². The maximum atomic E-state index is 13.6. The molecule has 1 saturated heterocycles. The van der Waals surface area contributed by atoms with Crippen molar-refractivity contribution in [1.82, 2.24) is 4.90 Å². The molecule has 0 unspecified atom stereocenters. The Balaban J connectivity index is 1.61. The van der Waals surface area contributed by atoms with Crippen molar-refractivity contribution in [3.63, 3.8) is 0 Å². The van der Waals surface area contributed by atoms with Crippen molar-refractivity contribution < 1.29 is 14.3 Å². The molecule has 1 heterocycles. The molecule has 3 atom stereocenters. The summed E-state index contributed by atoms with van der Waals surface area (Å²) in [7, 11) is 1.65. The van der Waals surface area contributed by atoms with Crippen molar-refractivity contribution in [2.75, 3.05) is 13.7 Å². The van der Waals surface area contributed by atoms with E-state index in [1.165, 1.54) is 10.5 Å². The first-order chi connectivity index (χ1) is 14.4. The second-order valence-corrected chi connectivity index (χ2v) is 9.12. The average Bonchev–Trinajstić information content (AvgIpc) is 2.74. The molecular formula is C26H31NO3. The largest absolute Gasteiger partial charge is 0.497 e. The molecule has 30 heavy (non-hydrogen) atoms. The summed E-state index contributed by atoms with van der Waals surface area (Å²) < 4.78 is 5.44. The number of benzene rings is 2. The van der Waals surface area contributed by atoms with Crippen LogP contribution in [0.1, 0.15) is 49.3 Å². The summed E-state index contributed by atoms with van der Waals surface area (Å²) in [4.78, 5) is 28.3. The second-order valence-electron chi connectivity index (χ2n) is 9.12. The number of piperidine rings is 1. The van der Waals surface area contributed by atoms with E-state index in [0.717, 1.165) is 36.1 Å². The minimum atomic E-state index is -0.416. The van der Waals surface area contributed by atoms with Gasteiger partial charge in [0.25, 0.3) is 0 Å². The lowest BCUT2D eigenvalue weighted by atomic mass is 9.56. The van der Waals surface area contributed by atoms with Gasteiger partial charge in [0, 0.05) is 24.3 Å². The Labute approximate surface area is 179 Å². The van der Waals surface area contributed by atoms with E-state index in [2.05, 4.69) is 44.2 Å². The molecule has 2 fully saturated rings. The number of methoxy groups -OCH3 is 1. The number of nitrogens with zero attached hydrogens (tertiary/aromatic N) is 1. The highest BCUT2D eigenvalue weighted by atomic mass is 16.5. The first-order valence-electron chi connectivity index (χ1n) is 11.0. The molecule has 1 saturated carbocycles.